The fourth-order valence-corrected chi connectivity index (χ4v) is 3.33. The number of carbonyl (C=O) groups excluding carboxylic acids is 1. The zero-order valence-corrected chi connectivity index (χ0v) is 14.1. The molecule has 0 aliphatic carbocycles. The highest BCUT2D eigenvalue weighted by Gasteiger charge is 2.22. The monoisotopic (exact) mass is 348 g/mol. The average molecular weight is 348 g/mol. The van der Waals surface area contributed by atoms with Crippen molar-refractivity contribution in [1.29, 1.82) is 0 Å². The third-order valence-electron chi connectivity index (χ3n) is 4.08. The Morgan fingerprint density at radius 2 is 1.79 bits per heavy atom. The second-order valence-electron chi connectivity index (χ2n) is 5.68. The summed E-state index contributed by atoms with van der Waals surface area (Å²) in [5.41, 5.74) is 2.77. The smallest absolute Gasteiger partial charge is 0.288 e. The molecule has 1 aliphatic rings. The summed E-state index contributed by atoms with van der Waals surface area (Å²) in [6.45, 7) is 1.92. The fraction of sp³-hybridized carbons (Fsp3) is 0.278. The molecule has 0 aromatic heterocycles. The van der Waals surface area contributed by atoms with Gasteiger partial charge in [0, 0.05) is 42.8 Å². The van der Waals surface area contributed by atoms with E-state index < -0.39 is 5.76 Å². The molecule has 6 heteroatoms. The van der Waals surface area contributed by atoms with Crippen LogP contribution < -0.4 is 4.90 Å². The number of nitrogens with zero attached hydrogens (tertiary/aromatic N) is 2. The number of hydrogen-bond acceptors (Lipinski definition) is 3. The van der Waals surface area contributed by atoms with E-state index in [4.69, 9.17) is 0 Å². The highest BCUT2D eigenvalue weighted by molar-refractivity contribution is 7.99. The molecule has 0 radical (unpaired) electrons. The van der Waals surface area contributed by atoms with Crippen LogP contribution in [0.2, 0.25) is 0 Å². The first-order valence-electron chi connectivity index (χ1n) is 7.68. The van der Waals surface area contributed by atoms with Crippen molar-refractivity contribution in [1.82, 2.24) is 4.90 Å². The molecule has 1 heterocycles. The van der Waals surface area contributed by atoms with Crippen molar-refractivity contribution in [2.75, 3.05) is 25.0 Å². The second-order valence-corrected chi connectivity index (χ2v) is 6.74. The Kier molecular flexibility index (Phi) is 5.04. The largest absolute Gasteiger partial charge is 0.373 e. The molecule has 2 aromatic carbocycles. The van der Waals surface area contributed by atoms with Crippen molar-refractivity contribution >= 4 is 23.4 Å². The summed E-state index contributed by atoms with van der Waals surface area (Å²) in [5.74, 6) is -2.53. The van der Waals surface area contributed by atoms with Crippen molar-refractivity contribution in [3.8, 4) is 0 Å². The van der Waals surface area contributed by atoms with Crippen LogP contribution in [0.15, 0.2) is 53.4 Å². The summed E-state index contributed by atoms with van der Waals surface area (Å²) < 4.78 is 24.8. The molecular weight excluding hydrogens is 330 g/mol. The SMILES string of the molecule is CN1CCN(C(=O)c2ccc(SC(F)F)cc2)Cc2ccccc21. The second kappa shape index (κ2) is 7.21. The van der Waals surface area contributed by atoms with Crippen molar-refractivity contribution in [3.05, 3.63) is 59.7 Å². The number of benzene rings is 2. The molecule has 3 rings (SSSR count). The molecule has 0 bridgehead atoms. The van der Waals surface area contributed by atoms with Crippen LogP contribution >= 0.6 is 11.8 Å². The van der Waals surface area contributed by atoms with Gasteiger partial charge in [0.1, 0.15) is 0 Å². The summed E-state index contributed by atoms with van der Waals surface area (Å²) in [5, 5.41) is 0. The molecule has 0 N–H and O–H groups in total. The number of likely N-dealkylation sites (N-methyl/N-ethyl adjacent to an activating group) is 1. The molecular formula is C18H18F2N2OS. The lowest BCUT2D eigenvalue weighted by atomic mass is 10.1. The maximum atomic E-state index is 12.8. The third-order valence-corrected chi connectivity index (χ3v) is 4.81. The minimum absolute atomic E-state index is 0.0753. The Hall–Kier alpha value is -2.08. The van der Waals surface area contributed by atoms with E-state index in [9.17, 15) is 13.6 Å². The fourth-order valence-electron chi connectivity index (χ4n) is 2.83. The first-order valence-corrected chi connectivity index (χ1v) is 8.56. The number of thioether (sulfide) groups is 1. The lowest BCUT2D eigenvalue weighted by Gasteiger charge is -2.21. The molecule has 1 aliphatic heterocycles. The minimum Gasteiger partial charge on any atom is -0.373 e. The van der Waals surface area contributed by atoms with Crippen LogP contribution in [0, 0.1) is 0 Å². The van der Waals surface area contributed by atoms with Crippen LogP contribution in [0.25, 0.3) is 0 Å². The van der Waals surface area contributed by atoms with Gasteiger partial charge in [-0.25, -0.2) is 0 Å². The molecule has 0 fully saturated rings. The van der Waals surface area contributed by atoms with E-state index in [-0.39, 0.29) is 5.91 Å². The summed E-state index contributed by atoms with van der Waals surface area (Å²) in [4.78, 5) is 17.2. The normalized spacial score (nSPS) is 14.5. The van der Waals surface area contributed by atoms with Gasteiger partial charge in [-0.3, -0.25) is 4.79 Å². The Morgan fingerprint density at radius 3 is 2.50 bits per heavy atom. The first-order chi connectivity index (χ1) is 11.5. The Labute approximate surface area is 144 Å². The maximum absolute atomic E-state index is 12.8. The molecule has 0 spiro atoms. The molecule has 126 valence electrons. The van der Waals surface area contributed by atoms with E-state index in [1.54, 1.807) is 29.2 Å². The topological polar surface area (TPSA) is 23.6 Å². The highest BCUT2D eigenvalue weighted by Crippen LogP contribution is 2.27. The lowest BCUT2D eigenvalue weighted by Crippen LogP contribution is -2.34. The number of alkyl halides is 2. The number of para-hydroxylation sites is 1. The van der Waals surface area contributed by atoms with E-state index in [0.29, 0.717) is 35.3 Å². The third kappa shape index (κ3) is 3.70. The van der Waals surface area contributed by atoms with Crippen molar-refractivity contribution in [3.63, 3.8) is 0 Å². The van der Waals surface area contributed by atoms with Gasteiger partial charge in [0.15, 0.2) is 0 Å². The number of rotatable bonds is 3. The molecule has 0 atom stereocenters. The van der Waals surface area contributed by atoms with E-state index in [1.807, 2.05) is 25.2 Å². The lowest BCUT2D eigenvalue weighted by molar-refractivity contribution is 0.0751. The number of carbonyl (C=O) groups is 1. The Balaban J connectivity index is 1.78. The minimum atomic E-state index is -2.45. The standard InChI is InChI=1S/C18H18F2N2OS/c1-21-10-11-22(12-14-4-2-3-5-16(14)21)17(23)13-6-8-15(9-7-13)24-18(19)20/h2-9,18H,10-12H2,1H3. The van der Waals surface area contributed by atoms with Gasteiger partial charge in [-0.1, -0.05) is 30.0 Å². The van der Waals surface area contributed by atoms with E-state index in [0.717, 1.165) is 17.8 Å². The van der Waals surface area contributed by atoms with Crippen LogP contribution in [-0.4, -0.2) is 36.7 Å². The van der Waals surface area contributed by atoms with Crippen LogP contribution in [-0.2, 0) is 6.54 Å². The van der Waals surface area contributed by atoms with E-state index in [1.165, 1.54) is 0 Å². The quantitative estimate of drug-likeness (QED) is 0.781. The van der Waals surface area contributed by atoms with Gasteiger partial charge in [0.2, 0.25) is 0 Å². The summed E-state index contributed by atoms with van der Waals surface area (Å²) in [6, 6.07) is 14.4. The van der Waals surface area contributed by atoms with Crippen LogP contribution in [0.5, 0.6) is 0 Å². The number of anilines is 1. The molecule has 0 unspecified atom stereocenters. The van der Waals surface area contributed by atoms with E-state index >= 15 is 0 Å². The first kappa shape index (κ1) is 16.8. The predicted octanol–water partition coefficient (Wildman–Crippen LogP) is 4.09. The van der Waals surface area contributed by atoms with Gasteiger partial charge in [-0.05, 0) is 35.9 Å². The van der Waals surface area contributed by atoms with Gasteiger partial charge < -0.3 is 9.80 Å². The molecule has 24 heavy (non-hydrogen) atoms. The van der Waals surface area contributed by atoms with Crippen LogP contribution in [0.4, 0.5) is 14.5 Å². The van der Waals surface area contributed by atoms with Crippen molar-refractivity contribution < 1.29 is 13.6 Å². The predicted molar refractivity (Wildman–Crippen MR) is 92.8 cm³/mol. The van der Waals surface area contributed by atoms with Crippen molar-refractivity contribution in [2.45, 2.75) is 17.2 Å². The molecule has 3 nitrogen and oxygen atoms in total. The van der Waals surface area contributed by atoms with Crippen molar-refractivity contribution in [2.24, 2.45) is 0 Å². The zero-order chi connectivity index (χ0) is 17.1. The molecule has 2 aromatic rings. The average Bonchev–Trinajstić information content (AvgIpc) is 2.74. The summed E-state index contributed by atoms with van der Waals surface area (Å²) >= 11 is 0.484. The van der Waals surface area contributed by atoms with Crippen LogP contribution in [0.3, 0.4) is 0 Å². The number of hydrogen-bond donors (Lipinski definition) is 0. The molecule has 1 amide bonds. The van der Waals surface area contributed by atoms with Gasteiger partial charge >= 0.3 is 0 Å². The molecule has 0 saturated carbocycles. The van der Waals surface area contributed by atoms with Gasteiger partial charge in [0.25, 0.3) is 11.7 Å². The Bertz CT molecular complexity index is 721. The zero-order valence-electron chi connectivity index (χ0n) is 13.3. The maximum Gasteiger partial charge on any atom is 0.288 e. The summed E-state index contributed by atoms with van der Waals surface area (Å²) in [6.07, 6.45) is 0. The van der Waals surface area contributed by atoms with E-state index in [2.05, 4.69) is 11.0 Å². The van der Waals surface area contributed by atoms with Gasteiger partial charge in [0.05, 0.1) is 0 Å². The number of fused-ring (bicyclic) bond motifs is 1. The highest BCUT2D eigenvalue weighted by atomic mass is 32.2. The Morgan fingerprint density at radius 1 is 1.08 bits per heavy atom. The molecule has 0 saturated heterocycles. The van der Waals surface area contributed by atoms with Gasteiger partial charge in [-0.2, -0.15) is 8.78 Å². The van der Waals surface area contributed by atoms with Crippen LogP contribution in [0.1, 0.15) is 15.9 Å². The number of amides is 1. The summed E-state index contributed by atoms with van der Waals surface area (Å²) in [7, 11) is 2.02. The number of halogens is 2. The van der Waals surface area contributed by atoms with Gasteiger partial charge in [-0.15, -0.1) is 0 Å².